The Balaban J connectivity index is 1.73. The molecule has 3 rings (SSSR count). The largest absolute Gasteiger partial charge is 0.514 e. The highest BCUT2D eigenvalue weighted by Crippen LogP contribution is 2.33. The third-order valence-corrected chi connectivity index (χ3v) is 5.56. The van der Waals surface area contributed by atoms with Crippen LogP contribution in [0.1, 0.15) is 41.1 Å². The number of anilines is 1. The minimum absolute atomic E-state index is 0.0178. The number of benzene rings is 2. The number of methoxy groups -OCH3 is 1. The molecule has 1 heterocycles. The van der Waals surface area contributed by atoms with Crippen LogP contribution in [-0.2, 0) is 16.0 Å². The van der Waals surface area contributed by atoms with E-state index < -0.39 is 12.2 Å². The highest BCUT2D eigenvalue weighted by Gasteiger charge is 2.26. The first-order valence-corrected chi connectivity index (χ1v) is 10.6. The van der Waals surface area contributed by atoms with E-state index in [1.54, 1.807) is 19.2 Å². The Morgan fingerprint density at radius 1 is 1.19 bits per heavy atom. The Morgan fingerprint density at radius 2 is 1.91 bits per heavy atom. The van der Waals surface area contributed by atoms with E-state index in [0.717, 1.165) is 46.5 Å². The lowest BCUT2D eigenvalue weighted by atomic mass is 9.93. The van der Waals surface area contributed by atoms with Gasteiger partial charge in [-0.3, -0.25) is 4.79 Å². The first kappa shape index (κ1) is 23.3. The minimum Gasteiger partial charge on any atom is -0.497 e. The van der Waals surface area contributed by atoms with Crippen molar-refractivity contribution in [1.82, 2.24) is 0 Å². The van der Waals surface area contributed by atoms with Crippen LogP contribution in [0, 0.1) is 13.8 Å². The van der Waals surface area contributed by atoms with Gasteiger partial charge in [0.1, 0.15) is 18.1 Å². The topological polar surface area (TPSA) is 91.1 Å². The van der Waals surface area contributed by atoms with Crippen LogP contribution in [0.4, 0.5) is 10.5 Å². The van der Waals surface area contributed by atoms with Gasteiger partial charge in [-0.15, -0.1) is 0 Å². The summed E-state index contributed by atoms with van der Waals surface area (Å²) in [5, 5.41) is 0. The fraction of sp³-hybridized carbons (Fsp3) is 0.360. The molecule has 0 saturated carbocycles. The van der Waals surface area contributed by atoms with Crippen molar-refractivity contribution in [2.45, 2.75) is 39.2 Å². The summed E-state index contributed by atoms with van der Waals surface area (Å²) in [7, 11) is 1.64. The number of amides is 1. The molecule has 7 nitrogen and oxygen atoms in total. The number of carbonyl (C=O) groups excluding carboxylic acids is 2. The Hall–Kier alpha value is -3.32. The van der Waals surface area contributed by atoms with Gasteiger partial charge < -0.3 is 24.8 Å². The van der Waals surface area contributed by atoms with Gasteiger partial charge >= 0.3 is 6.16 Å². The molecule has 2 aromatic carbocycles. The molecule has 32 heavy (non-hydrogen) atoms. The summed E-state index contributed by atoms with van der Waals surface area (Å²) < 4.78 is 15.4. The van der Waals surface area contributed by atoms with Crippen LogP contribution in [0.15, 0.2) is 43.0 Å². The first-order valence-electron chi connectivity index (χ1n) is 10.6. The molecule has 2 aromatic rings. The third-order valence-electron chi connectivity index (χ3n) is 5.56. The third kappa shape index (κ3) is 5.29. The lowest BCUT2D eigenvalue weighted by Gasteiger charge is -2.31. The molecule has 1 unspecified atom stereocenters. The summed E-state index contributed by atoms with van der Waals surface area (Å²) in [5.74, 6) is 1.14. The predicted molar refractivity (Wildman–Crippen MR) is 123 cm³/mol. The van der Waals surface area contributed by atoms with Gasteiger partial charge in [0.25, 0.3) is 0 Å². The summed E-state index contributed by atoms with van der Waals surface area (Å²) >= 11 is 0. The van der Waals surface area contributed by atoms with Crippen molar-refractivity contribution in [3.05, 3.63) is 65.2 Å². The lowest BCUT2D eigenvalue weighted by Crippen LogP contribution is -2.37. The second-order valence-corrected chi connectivity index (χ2v) is 7.88. The van der Waals surface area contributed by atoms with Crippen molar-refractivity contribution in [2.24, 2.45) is 5.73 Å². The summed E-state index contributed by atoms with van der Waals surface area (Å²) in [6.07, 6.45) is 2.66. The molecule has 0 saturated heterocycles. The lowest BCUT2D eigenvalue weighted by molar-refractivity contribution is -0.119. The van der Waals surface area contributed by atoms with E-state index in [4.69, 9.17) is 19.9 Å². The zero-order chi connectivity index (χ0) is 23.3. The Morgan fingerprint density at radius 3 is 2.56 bits per heavy atom. The van der Waals surface area contributed by atoms with Crippen molar-refractivity contribution in [3.63, 3.8) is 0 Å². The van der Waals surface area contributed by atoms with Crippen LogP contribution in [0.5, 0.6) is 11.5 Å². The van der Waals surface area contributed by atoms with E-state index in [1.165, 1.54) is 6.08 Å². The van der Waals surface area contributed by atoms with Crippen LogP contribution in [0.2, 0.25) is 0 Å². The SMILES string of the molecule is C=CCOC(=O)Oc1cc(C)c(C(N)CC(=O)N2CCCc3cc(OC)ccc32)c(C)c1. The molecule has 0 aromatic heterocycles. The maximum atomic E-state index is 13.2. The van der Waals surface area contributed by atoms with Crippen LogP contribution in [-0.4, -0.2) is 32.3 Å². The molecule has 7 heteroatoms. The van der Waals surface area contributed by atoms with Crippen molar-refractivity contribution < 1.29 is 23.8 Å². The number of nitrogens with zero attached hydrogens (tertiary/aromatic N) is 1. The highest BCUT2D eigenvalue weighted by atomic mass is 16.7. The number of hydrogen-bond acceptors (Lipinski definition) is 6. The van der Waals surface area contributed by atoms with Crippen molar-refractivity contribution >= 4 is 17.7 Å². The first-order chi connectivity index (χ1) is 15.3. The van der Waals surface area contributed by atoms with Crippen LogP contribution in [0.25, 0.3) is 0 Å². The van der Waals surface area contributed by atoms with Crippen LogP contribution < -0.4 is 20.1 Å². The number of rotatable bonds is 7. The smallest absolute Gasteiger partial charge is 0.497 e. The average Bonchev–Trinajstić information content (AvgIpc) is 2.76. The normalized spacial score (nSPS) is 13.7. The molecule has 1 amide bonds. The van der Waals surface area contributed by atoms with Gasteiger partial charge in [-0.05, 0) is 79.3 Å². The Labute approximate surface area is 188 Å². The minimum atomic E-state index is -0.795. The number of fused-ring (bicyclic) bond motifs is 1. The fourth-order valence-corrected chi connectivity index (χ4v) is 4.19. The summed E-state index contributed by atoms with van der Waals surface area (Å²) in [6.45, 7) is 8.01. The van der Waals surface area contributed by atoms with Gasteiger partial charge in [0.15, 0.2) is 0 Å². The van der Waals surface area contributed by atoms with Gasteiger partial charge in [0.05, 0.1) is 7.11 Å². The molecule has 0 radical (unpaired) electrons. The molecule has 0 spiro atoms. The van der Waals surface area contributed by atoms with Gasteiger partial charge in [0, 0.05) is 24.7 Å². The number of ether oxygens (including phenoxy) is 3. The van der Waals surface area contributed by atoms with Gasteiger partial charge in [-0.2, -0.15) is 0 Å². The van der Waals surface area contributed by atoms with E-state index in [1.807, 2.05) is 36.9 Å². The van der Waals surface area contributed by atoms with Gasteiger partial charge in [0.2, 0.25) is 5.91 Å². The number of nitrogens with two attached hydrogens (primary N) is 1. The van der Waals surface area contributed by atoms with Crippen molar-refractivity contribution in [1.29, 1.82) is 0 Å². The van der Waals surface area contributed by atoms with E-state index in [9.17, 15) is 9.59 Å². The molecule has 1 aliphatic rings. The zero-order valence-corrected chi connectivity index (χ0v) is 18.8. The van der Waals surface area contributed by atoms with Crippen LogP contribution in [0.3, 0.4) is 0 Å². The Kier molecular flexibility index (Phi) is 7.53. The molecular formula is C25H30N2O5. The zero-order valence-electron chi connectivity index (χ0n) is 18.8. The van der Waals surface area contributed by atoms with E-state index in [-0.39, 0.29) is 18.9 Å². The number of aryl methyl sites for hydroxylation is 3. The number of hydrogen-bond donors (Lipinski definition) is 1. The molecule has 1 atom stereocenters. The second kappa shape index (κ2) is 10.3. The average molecular weight is 439 g/mol. The maximum absolute atomic E-state index is 13.2. The molecule has 1 aliphatic heterocycles. The highest BCUT2D eigenvalue weighted by molar-refractivity contribution is 5.95. The second-order valence-electron chi connectivity index (χ2n) is 7.88. The maximum Gasteiger partial charge on any atom is 0.514 e. The molecular weight excluding hydrogens is 408 g/mol. The summed E-state index contributed by atoms with van der Waals surface area (Å²) in [5.41, 5.74) is 11.1. The molecule has 170 valence electrons. The van der Waals surface area contributed by atoms with E-state index >= 15 is 0 Å². The van der Waals surface area contributed by atoms with Gasteiger partial charge in [-0.25, -0.2) is 4.79 Å². The monoisotopic (exact) mass is 438 g/mol. The standard InChI is InChI=1S/C25H30N2O5/c1-5-11-31-25(29)32-20-12-16(2)24(17(3)13-20)21(26)15-23(28)27-10-6-7-18-14-19(30-4)8-9-22(18)27/h5,8-9,12-14,21H,1,6-7,10-11,15,26H2,2-4H3. The predicted octanol–water partition coefficient (Wildman–Crippen LogP) is 4.38. The van der Waals surface area contributed by atoms with Crippen molar-refractivity contribution in [2.75, 3.05) is 25.2 Å². The summed E-state index contributed by atoms with van der Waals surface area (Å²) in [4.78, 5) is 26.7. The van der Waals surface area contributed by atoms with Crippen molar-refractivity contribution in [3.8, 4) is 11.5 Å². The fourth-order valence-electron chi connectivity index (χ4n) is 4.19. The van der Waals surface area contributed by atoms with Gasteiger partial charge in [-0.1, -0.05) is 12.7 Å². The Bertz CT molecular complexity index is 994. The van der Waals surface area contributed by atoms with Crippen LogP contribution >= 0.6 is 0 Å². The van der Waals surface area contributed by atoms with E-state index in [0.29, 0.717) is 12.3 Å². The quantitative estimate of drug-likeness (QED) is 0.392. The summed E-state index contributed by atoms with van der Waals surface area (Å²) in [6, 6.07) is 8.77. The molecule has 0 aliphatic carbocycles. The molecule has 0 bridgehead atoms. The van der Waals surface area contributed by atoms with E-state index in [2.05, 4.69) is 6.58 Å². The molecule has 2 N–H and O–H groups in total. The number of carbonyl (C=O) groups is 2. The molecule has 0 fully saturated rings.